The molecule has 0 radical (unpaired) electrons. The molecule has 1 aromatic carbocycles. The summed E-state index contributed by atoms with van der Waals surface area (Å²) in [6.07, 6.45) is 0. The lowest BCUT2D eigenvalue weighted by molar-refractivity contribution is 0.262. The van der Waals surface area contributed by atoms with Gasteiger partial charge in [0, 0.05) is 11.8 Å². The molecule has 2 aromatic rings. The van der Waals surface area contributed by atoms with Crippen molar-refractivity contribution in [3.05, 3.63) is 36.4 Å². The fraction of sp³-hybridized carbons (Fsp3) is 0. The van der Waals surface area contributed by atoms with Crippen LogP contribution < -0.4 is 21.9 Å². The van der Waals surface area contributed by atoms with Gasteiger partial charge in [0.2, 0.25) is 0 Å². The average Bonchev–Trinajstić information content (AvgIpc) is 2.78. The zero-order chi connectivity index (χ0) is 12.1. The molecule has 1 aromatic heterocycles. The second kappa shape index (κ2) is 4.99. The summed E-state index contributed by atoms with van der Waals surface area (Å²) in [7, 11) is 0. The van der Waals surface area contributed by atoms with Crippen LogP contribution in [0.25, 0.3) is 0 Å². The maximum absolute atomic E-state index is 11.6. The quantitative estimate of drug-likeness (QED) is 0.406. The number of hydrazine groups is 1. The summed E-state index contributed by atoms with van der Waals surface area (Å²) in [4.78, 5) is 11.6. The minimum atomic E-state index is -0.369. The standard InChI is InChI=1S/C10H12N6O/c11-14-9-6-8(15-16-9)13-10(17)12-7-4-2-1-3-5-7/h1-6H,11H2,(H4,12,13,14,15,16,17). The Morgan fingerprint density at radius 1 is 1.24 bits per heavy atom. The van der Waals surface area contributed by atoms with Gasteiger partial charge in [-0.15, -0.1) is 0 Å². The summed E-state index contributed by atoms with van der Waals surface area (Å²) in [5, 5.41) is 11.6. The number of nitrogens with two attached hydrogens (primary N) is 1. The van der Waals surface area contributed by atoms with E-state index in [1.54, 1.807) is 18.2 Å². The Balaban J connectivity index is 1.93. The van der Waals surface area contributed by atoms with Crippen LogP contribution in [0.3, 0.4) is 0 Å². The summed E-state index contributed by atoms with van der Waals surface area (Å²) in [6.45, 7) is 0. The summed E-state index contributed by atoms with van der Waals surface area (Å²) < 4.78 is 0. The molecule has 0 unspecified atom stereocenters. The molecule has 0 spiro atoms. The Bertz CT molecular complexity index is 495. The topological polar surface area (TPSA) is 108 Å². The molecule has 88 valence electrons. The van der Waals surface area contributed by atoms with Crippen LogP contribution in [-0.2, 0) is 0 Å². The number of aromatic amines is 1. The zero-order valence-electron chi connectivity index (χ0n) is 8.90. The van der Waals surface area contributed by atoms with Crippen molar-refractivity contribution in [2.75, 3.05) is 16.1 Å². The van der Waals surface area contributed by atoms with E-state index in [1.807, 2.05) is 18.2 Å². The minimum absolute atomic E-state index is 0.369. The van der Waals surface area contributed by atoms with Crippen LogP contribution in [-0.4, -0.2) is 16.2 Å². The Hall–Kier alpha value is -2.54. The second-order valence-electron chi connectivity index (χ2n) is 3.26. The fourth-order valence-electron chi connectivity index (χ4n) is 1.26. The number of benzene rings is 1. The van der Waals surface area contributed by atoms with Crippen LogP contribution in [0.5, 0.6) is 0 Å². The Morgan fingerprint density at radius 2 is 2.00 bits per heavy atom. The number of hydrogen-bond acceptors (Lipinski definition) is 4. The molecule has 7 nitrogen and oxygen atoms in total. The van der Waals surface area contributed by atoms with Crippen molar-refractivity contribution in [1.29, 1.82) is 0 Å². The van der Waals surface area contributed by atoms with Gasteiger partial charge in [0.15, 0.2) is 5.82 Å². The number of nitrogen functional groups attached to an aromatic ring is 1. The first kappa shape index (κ1) is 11.0. The Morgan fingerprint density at radius 3 is 2.65 bits per heavy atom. The first-order valence-corrected chi connectivity index (χ1v) is 4.93. The maximum atomic E-state index is 11.6. The molecule has 0 aliphatic heterocycles. The lowest BCUT2D eigenvalue weighted by Gasteiger charge is -2.04. The van der Waals surface area contributed by atoms with Gasteiger partial charge in [-0.1, -0.05) is 18.2 Å². The summed E-state index contributed by atoms with van der Waals surface area (Å²) in [5.74, 6) is 6.06. The van der Waals surface area contributed by atoms with Gasteiger partial charge in [-0.3, -0.25) is 10.4 Å². The maximum Gasteiger partial charge on any atom is 0.324 e. The van der Waals surface area contributed by atoms with E-state index in [0.29, 0.717) is 17.3 Å². The monoisotopic (exact) mass is 232 g/mol. The lowest BCUT2D eigenvalue weighted by Crippen LogP contribution is -2.19. The third-order valence-electron chi connectivity index (χ3n) is 2.01. The largest absolute Gasteiger partial charge is 0.324 e. The number of carbonyl (C=O) groups excluding carboxylic acids is 1. The van der Waals surface area contributed by atoms with Crippen molar-refractivity contribution in [2.24, 2.45) is 5.84 Å². The highest BCUT2D eigenvalue weighted by molar-refractivity contribution is 5.99. The number of amides is 2. The summed E-state index contributed by atoms with van der Waals surface area (Å²) in [5.41, 5.74) is 3.09. The van der Waals surface area contributed by atoms with E-state index in [4.69, 9.17) is 5.84 Å². The number of aromatic nitrogens is 2. The van der Waals surface area contributed by atoms with E-state index in [9.17, 15) is 4.79 Å². The molecule has 17 heavy (non-hydrogen) atoms. The van der Waals surface area contributed by atoms with Gasteiger partial charge in [-0.2, -0.15) is 5.10 Å². The number of H-pyrrole nitrogens is 1. The van der Waals surface area contributed by atoms with E-state index in [2.05, 4.69) is 26.3 Å². The zero-order valence-corrected chi connectivity index (χ0v) is 8.90. The van der Waals surface area contributed by atoms with Crippen molar-refractivity contribution in [1.82, 2.24) is 10.2 Å². The van der Waals surface area contributed by atoms with Crippen molar-refractivity contribution in [2.45, 2.75) is 0 Å². The average molecular weight is 232 g/mol. The van der Waals surface area contributed by atoms with Gasteiger partial charge < -0.3 is 10.7 Å². The molecule has 0 saturated carbocycles. The molecule has 7 heteroatoms. The van der Waals surface area contributed by atoms with Crippen molar-refractivity contribution in [3.63, 3.8) is 0 Å². The molecule has 0 aliphatic rings. The molecule has 0 bridgehead atoms. The molecular weight excluding hydrogens is 220 g/mol. The van der Waals surface area contributed by atoms with Crippen molar-refractivity contribution in [3.8, 4) is 0 Å². The van der Waals surface area contributed by atoms with E-state index in [1.165, 1.54) is 0 Å². The minimum Gasteiger partial charge on any atom is -0.309 e. The van der Waals surface area contributed by atoms with E-state index in [0.717, 1.165) is 0 Å². The van der Waals surface area contributed by atoms with Crippen molar-refractivity contribution < 1.29 is 4.79 Å². The molecule has 0 aliphatic carbocycles. The molecule has 2 amide bonds. The van der Waals surface area contributed by atoms with E-state index in [-0.39, 0.29) is 6.03 Å². The molecule has 0 saturated heterocycles. The van der Waals surface area contributed by atoms with Crippen LogP contribution in [0.2, 0.25) is 0 Å². The molecule has 2 rings (SSSR count). The van der Waals surface area contributed by atoms with Crippen LogP contribution in [0.4, 0.5) is 22.1 Å². The lowest BCUT2D eigenvalue weighted by atomic mass is 10.3. The Kier molecular flexibility index (Phi) is 3.22. The highest BCUT2D eigenvalue weighted by atomic mass is 16.2. The molecule has 1 heterocycles. The van der Waals surface area contributed by atoms with Gasteiger partial charge in [0.25, 0.3) is 0 Å². The summed E-state index contributed by atoms with van der Waals surface area (Å²) >= 11 is 0. The van der Waals surface area contributed by atoms with Gasteiger partial charge in [0.1, 0.15) is 5.82 Å². The SMILES string of the molecule is NNc1cc(NC(=O)Nc2ccccc2)n[nH]1. The first-order valence-electron chi connectivity index (χ1n) is 4.93. The number of nitrogens with one attached hydrogen (secondary N) is 4. The third-order valence-corrected chi connectivity index (χ3v) is 2.01. The highest BCUT2D eigenvalue weighted by Gasteiger charge is 2.05. The van der Waals surface area contributed by atoms with Crippen LogP contribution >= 0.6 is 0 Å². The number of urea groups is 1. The number of carbonyl (C=O) groups is 1. The van der Waals surface area contributed by atoms with Gasteiger partial charge in [-0.25, -0.2) is 10.6 Å². The van der Waals surface area contributed by atoms with Crippen LogP contribution in [0.15, 0.2) is 36.4 Å². The predicted molar refractivity (Wildman–Crippen MR) is 65.5 cm³/mol. The smallest absolute Gasteiger partial charge is 0.309 e. The molecule has 0 fully saturated rings. The first-order chi connectivity index (χ1) is 8.28. The number of hydrogen-bond donors (Lipinski definition) is 5. The van der Waals surface area contributed by atoms with E-state index < -0.39 is 0 Å². The molecular formula is C10H12N6O. The van der Waals surface area contributed by atoms with Gasteiger partial charge in [0.05, 0.1) is 0 Å². The van der Waals surface area contributed by atoms with Crippen molar-refractivity contribution >= 4 is 23.4 Å². The number of anilines is 3. The van der Waals surface area contributed by atoms with Gasteiger partial charge in [-0.05, 0) is 12.1 Å². The van der Waals surface area contributed by atoms with Crippen LogP contribution in [0.1, 0.15) is 0 Å². The second-order valence-corrected chi connectivity index (χ2v) is 3.26. The number of rotatable bonds is 3. The van der Waals surface area contributed by atoms with Gasteiger partial charge >= 0.3 is 6.03 Å². The fourth-order valence-corrected chi connectivity index (χ4v) is 1.26. The summed E-state index contributed by atoms with van der Waals surface area (Å²) in [6, 6.07) is 10.3. The number of para-hydroxylation sites is 1. The van der Waals surface area contributed by atoms with Crippen LogP contribution in [0, 0.1) is 0 Å². The third kappa shape index (κ3) is 2.95. The van der Waals surface area contributed by atoms with E-state index >= 15 is 0 Å². The molecule has 0 atom stereocenters. The Labute approximate surface area is 97.4 Å². The normalized spacial score (nSPS) is 9.71. The predicted octanol–water partition coefficient (Wildman–Crippen LogP) is 1.34. The molecule has 6 N–H and O–H groups in total. The number of nitrogens with zero attached hydrogens (tertiary/aromatic N) is 1. The highest BCUT2D eigenvalue weighted by Crippen LogP contribution is 2.10.